The first-order chi connectivity index (χ1) is 7.77. The molecule has 1 saturated carbocycles. The Labute approximate surface area is 101 Å². The van der Waals surface area contributed by atoms with E-state index in [1.165, 1.54) is 25.7 Å². The normalized spacial score (nSPS) is 17.1. The summed E-state index contributed by atoms with van der Waals surface area (Å²) >= 11 is 1.78. The van der Waals surface area contributed by atoms with Crippen molar-refractivity contribution in [2.45, 2.75) is 43.8 Å². The van der Waals surface area contributed by atoms with Gasteiger partial charge in [-0.15, -0.1) is 10.2 Å². The Kier molecular flexibility index (Phi) is 4.23. The molecule has 90 valence electrons. The summed E-state index contributed by atoms with van der Waals surface area (Å²) in [6.45, 7) is 3.05. The Morgan fingerprint density at radius 3 is 2.75 bits per heavy atom. The number of nitrogens with zero attached hydrogens (tertiary/aromatic N) is 3. The molecule has 1 aliphatic rings. The van der Waals surface area contributed by atoms with Gasteiger partial charge in [-0.05, 0) is 19.8 Å². The molecule has 0 atom stereocenters. The van der Waals surface area contributed by atoms with Gasteiger partial charge in [0.2, 0.25) is 0 Å². The largest absolute Gasteiger partial charge is 0.313 e. The highest BCUT2D eigenvalue weighted by Crippen LogP contribution is 2.18. The lowest BCUT2D eigenvalue weighted by molar-refractivity contribution is 0.545. The van der Waals surface area contributed by atoms with Crippen LogP contribution in [0.15, 0.2) is 5.16 Å². The van der Waals surface area contributed by atoms with E-state index in [0.29, 0.717) is 0 Å². The first kappa shape index (κ1) is 11.9. The van der Waals surface area contributed by atoms with Crippen molar-refractivity contribution < 1.29 is 0 Å². The van der Waals surface area contributed by atoms with E-state index in [1.54, 1.807) is 11.8 Å². The van der Waals surface area contributed by atoms with Gasteiger partial charge in [0.25, 0.3) is 0 Å². The molecule has 1 heterocycles. The topological polar surface area (TPSA) is 42.7 Å². The third-order valence-electron chi connectivity index (χ3n) is 3.17. The quantitative estimate of drug-likeness (QED) is 0.629. The van der Waals surface area contributed by atoms with Crippen molar-refractivity contribution in [3.63, 3.8) is 0 Å². The third kappa shape index (κ3) is 2.98. The highest BCUT2D eigenvalue weighted by molar-refractivity contribution is 7.99. The first-order valence-corrected chi connectivity index (χ1v) is 6.98. The van der Waals surface area contributed by atoms with Crippen molar-refractivity contribution in [1.29, 1.82) is 0 Å². The van der Waals surface area contributed by atoms with Gasteiger partial charge in [0, 0.05) is 25.4 Å². The van der Waals surface area contributed by atoms with Gasteiger partial charge < -0.3 is 9.88 Å². The molecule has 1 N–H and O–H groups in total. The van der Waals surface area contributed by atoms with E-state index in [2.05, 4.69) is 15.5 Å². The number of hydrogen-bond acceptors (Lipinski definition) is 4. The lowest BCUT2D eigenvalue weighted by Gasteiger charge is -2.10. The Hall–Kier alpha value is -0.550. The van der Waals surface area contributed by atoms with Crippen LogP contribution in [0.4, 0.5) is 0 Å². The fraction of sp³-hybridized carbons (Fsp3) is 0.818. The van der Waals surface area contributed by atoms with Gasteiger partial charge in [-0.2, -0.15) is 0 Å². The van der Waals surface area contributed by atoms with Crippen molar-refractivity contribution in [2.75, 3.05) is 12.3 Å². The minimum Gasteiger partial charge on any atom is -0.313 e. The molecule has 0 unspecified atom stereocenters. The molecule has 0 saturated heterocycles. The number of nitrogens with one attached hydrogen (secondary N) is 1. The van der Waals surface area contributed by atoms with Crippen LogP contribution in [0.3, 0.4) is 0 Å². The summed E-state index contributed by atoms with van der Waals surface area (Å²) < 4.78 is 2.04. The lowest BCUT2D eigenvalue weighted by atomic mass is 10.2. The molecule has 0 aliphatic heterocycles. The van der Waals surface area contributed by atoms with Gasteiger partial charge in [0.15, 0.2) is 5.16 Å². The summed E-state index contributed by atoms with van der Waals surface area (Å²) in [6.07, 6.45) is 5.50. The number of rotatable bonds is 5. The first-order valence-electron chi connectivity index (χ1n) is 5.99. The number of aryl methyl sites for hydroxylation is 1. The van der Waals surface area contributed by atoms with Gasteiger partial charge in [0.1, 0.15) is 5.82 Å². The summed E-state index contributed by atoms with van der Waals surface area (Å²) in [5.74, 6) is 2.05. The zero-order valence-electron chi connectivity index (χ0n) is 10.1. The zero-order valence-corrected chi connectivity index (χ0v) is 10.9. The maximum Gasteiger partial charge on any atom is 0.190 e. The summed E-state index contributed by atoms with van der Waals surface area (Å²) in [5.41, 5.74) is 0. The SMILES string of the molecule is Cc1nnc(SCCNC2CCCC2)n1C. The van der Waals surface area contributed by atoms with Crippen molar-refractivity contribution >= 4 is 11.8 Å². The second-order valence-corrected chi connectivity index (χ2v) is 5.43. The maximum absolute atomic E-state index is 4.13. The highest BCUT2D eigenvalue weighted by Gasteiger charge is 2.13. The molecule has 1 aromatic rings. The molecule has 0 spiro atoms. The van der Waals surface area contributed by atoms with Crippen LogP contribution in [0.5, 0.6) is 0 Å². The standard InChI is InChI=1S/C11H20N4S/c1-9-13-14-11(15(9)2)16-8-7-12-10-5-3-4-6-10/h10,12H,3-8H2,1-2H3. The second-order valence-electron chi connectivity index (χ2n) is 4.37. The Bertz CT molecular complexity index is 331. The van der Waals surface area contributed by atoms with Crippen LogP contribution in [0, 0.1) is 6.92 Å². The van der Waals surface area contributed by atoms with E-state index in [-0.39, 0.29) is 0 Å². The monoisotopic (exact) mass is 240 g/mol. The molecule has 0 amide bonds. The van der Waals surface area contributed by atoms with Gasteiger partial charge in [-0.1, -0.05) is 24.6 Å². The van der Waals surface area contributed by atoms with Gasteiger partial charge in [-0.25, -0.2) is 0 Å². The highest BCUT2D eigenvalue weighted by atomic mass is 32.2. The summed E-state index contributed by atoms with van der Waals surface area (Å²) in [4.78, 5) is 0. The van der Waals surface area contributed by atoms with E-state index in [0.717, 1.165) is 29.3 Å². The molecule has 1 aliphatic carbocycles. The van der Waals surface area contributed by atoms with Gasteiger partial charge in [0.05, 0.1) is 0 Å². The average molecular weight is 240 g/mol. The Morgan fingerprint density at radius 2 is 2.12 bits per heavy atom. The van der Waals surface area contributed by atoms with Crippen molar-refractivity contribution in [3.05, 3.63) is 5.82 Å². The van der Waals surface area contributed by atoms with Crippen LogP contribution >= 0.6 is 11.8 Å². The summed E-state index contributed by atoms with van der Waals surface area (Å²) in [6, 6.07) is 0.766. The fourth-order valence-corrected chi connectivity index (χ4v) is 2.88. The maximum atomic E-state index is 4.13. The van der Waals surface area contributed by atoms with Gasteiger partial charge in [-0.3, -0.25) is 0 Å². The van der Waals surface area contributed by atoms with Crippen LogP contribution in [0.1, 0.15) is 31.5 Å². The number of hydrogen-bond donors (Lipinski definition) is 1. The molecular weight excluding hydrogens is 220 g/mol. The van der Waals surface area contributed by atoms with E-state index in [1.807, 2.05) is 18.5 Å². The van der Waals surface area contributed by atoms with Gasteiger partial charge >= 0.3 is 0 Å². The Morgan fingerprint density at radius 1 is 1.38 bits per heavy atom. The molecule has 2 rings (SSSR count). The molecule has 16 heavy (non-hydrogen) atoms. The molecule has 1 fully saturated rings. The zero-order chi connectivity index (χ0) is 11.4. The fourth-order valence-electron chi connectivity index (χ4n) is 2.05. The van der Waals surface area contributed by atoms with Crippen LogP contribution in [0.25, 0.3) is 0 Å². The van der Waals surface area contributed by atoms with E-state index < -0.39 is 0 Å². The lowest BCUT2D eigenvalue weighted by Crippen LogP contribution is -2.28. The average Bonchev–Trinajstić information content (AvgIpc) is 2.88. The van der Waals surface area contributed by atoms with Crippen molar-refractivity contribution in [1.82, 2.24) is 20.1 Å². The molecule has 4 nitrogen and oxygen atoms in total. The molecule has 0 aromatic carbocycles. The second kappa shape index (κ2) is 5.68. The summed E-state index contributed by atoms with van der Waals surface area (Å²) in [7, 11) is 2.02. The minimum absolute atomic E-state index is 0.766. The minimum atomic E-state index is 0.766. The Balaban J connectivity index is 1.66. The molecule has 0 bridgehead atoms. The van der Waals surface area contributed by atoms with E-state index in [9.17, 15) is 0 Å². The predicted octanol–water partition coefficient (Wildman–Crippen LogP) is 1.75. The molecule has 5 heteroatoms. The van der Waals surface area contributed by atoms with Crippen LogP contribution in [-0.4, -0.2) is 33.1 Å². The molecule has 0 radical (unpaired) electrons. The smallest absolute Gasteiger partial charge is 0.190 e. The van der Waals surface area contributed by atoms with Crippen LogP contribution in [-0.2, 0) is 7.05 Å². The van der Waals surface area contributed by atoms with E-state index >= 15 is 0 Å². The van der Waals surface area contributed by atoms with Crippen molar-refractivity contribution in [2.24, 2.45) is 7.05 Å². The van der Waals surface area contributed by atoms with E-state index in [4.69, 9.17) is 0 Å². The predicted molar refractivity (Wildman–Crippen MR) is 66.7 cm³/mol. The molecule has 1 aromatic heterocycles. The molecular formula is C11H20N4S. The number of thioether (sulfide) groups is 1. The third-order valence-corrected chi connectivity index (χ3v) is 4.20. The summed E-state index contributed by atoms with van der Waals surface area (Å²) in [5, 5.41) is 12.8. The van der Waals surface area contributed by atoms with Crippen LogP contribution < -0.4 is 5.32 Å². The van der Waals surface area contributed by atoms with Crippen molar-refractivity contribution in [3.8, 4) is 0 Å². The van der Waals surface area contributed by atoms with Crippen LogP contribution in [0.2, 0.25) is 0 Å². The number of aromatic nitrogens is 3.